The Morgan fingerprint density at radius 2 is 1.62 bits per heavy atom. The zero-order chi connectivity index (χ0) is 32.2. The van der Waals surface area contributed by atoms with Crippen LogP contribution < -0.4 is 14.8 Å². The predicted molar refractivity (Wildman–Crippen MR) is 184 cm³/mol. The van der Waals surface area contributed by atoms with Gasteiger partial charge in [0.15, 0.2) is 11.0 Å². The minimum Gasteiger partial charge on any atom is -0.493 e. The van der Waals surface area contributed by atoms with Gasteiger partial charge in [-0.3, -0.25) is 4.79 Å². The number of anilines is 1. The highest BCUT2D eigenvalue weighted by Crippen LogP contribution is 2.34. The highest BCUT2D eigenvalue weighted by molar-refractivity contribution is 7.99. The molecule has 45 heavy (non-hydrogen) atoms. The zero-order valence-corrected chi connectivity index (χ0v) is 28.5. The molecule has 8 heteroatoms. The molecule has 0 saturated carbocycles. The first-order valence-corrected chi connectivity index (χ1v) is 17.0. The van der Waals surface area contributed by atoms with E-state index in [0.29, 0.717) is 25.3 Å². The first-order valence-electron chi connectivity index (χ1n) is 16.2. The highest BCUT2D eigenvalue weighted by atomic mass is 32.2. The third kappa shape index (κ3) is 10.1. The van der Waals surface area contributed by atoms with Crippen LogP contribution in [0.3, 0.4) is 0 Å². The van der Waals surface area contributed by atoms with Gasteiger partial charge in [-0.25, -0.2) is 0 Å². The summed E-state index contributed by atoms with van der Waals surface area (Å²) in [5, 5.41) is 13.3. The van der Waals surface area contributed by atoms with E-state index < -0.39 is 0 Å². The fraction of sp³-hybridized carbons (Fsp3) is 0.432. The number of hydrogen-bond donors (Lipinski definition) is 1. The van der Waals surface area contributed by atoms with E-state index in [1.165, 1.54) is 31.2 Å². The molecular formula is C37H48N4O3S. The summed E-state index contributed by atoms with van der Waals surface area (Å²) in [4.78, 5) is 12.9. The molecule has 0 saturated heterocycles. The molecule has 1 heterocycles. The van der Waals surface area contributed by atoms with E-state index in [1.807, 2.05) is 42.8 Å². The maximum absolute atomic E-state index is 11.8. The SMILES string of the molecule is CCCCCCCOc1cc(Sc2nnc(-c3ccc(C(C)(C)C)cc3)n2C)ccc1CNc1ccc(OC(=O)CCC)cc1. The molecule has 4 aromatic rings. The minimum atomic E-state index is -0.208. The molecule has 0 aliphatic carbocycles. The Kier molecular flexibility index (Phi) is 12.5. The lowest BCUT2D eigenvalue weighted by Crippen LogP contribution is -2.10. The molecule has 0 radical (unpaired) electrons. The molecule has 0 spiro atoms. The molecule has 7 nitrogen and oxygen atoms in total. The van der Waals surface area contributed by atoms with Gasteiger partial charge in [0.25, 0.3) is 0 Å². The van der Waals surface area contributed by atoms with E-state index in [1.54, 1.807) is 11.8 Å². The Labute approximate surface area is 273 Å². The molecule has 0 fully saturated rings. The number of esters is 1. The first-order chi connectivity index (χ1) is 21.7. The van der Waals surface area contributed by atoms with E-state index in [2.05, 4.69) is 85.7 Å². The fourth-order valence-electron chi connectivity index (χ4n) is 4.87. The molecule has 240 valence electrons. The van der Waals surface area contributed by atoms with Gasteiger partial charge < -0.3 is 19.4 Å². The molecule has 1 N–H and O–H groups in total. The predicted octanol–water partition coefficient (Wildman–Crippen LogP) is 9.60. The number of ether oxygens (including phenoxy) is 2. The van der Waals surface area contributed by atoms with E-state index >= 15 is 0 Å². The monoisotopic (exact) mass is 628 g/mol. The van der Waals surface area contributed by atoms with Crippen molar-refractivity contribution in [3.8, 4) is 22.9 Å². The molecular weight excluding hydrogens is 580 g/mol. The Hall–Kier alpha value is -3.78. The van der Waals surface area contributed by atoms with Gasteiger partial charge in [0, 0.05) is 41.7 Å². The van der Waals surface area contributed by atoms with Gasteiger partial charge >= 0.3 is 5.97 Å². The topological polar surface area (TPSA) is 78.3 Å². The summed E-state index contributed by atoms with van der Waals surface area (Å²) in [6.45, 7) is 12.1. The molecule has 3 aromatic carbocycles. The summed E-state index contributed by atoms with van der Waals surface area (Å²) >= 11 is 1.58. The van der Waals surface area contributed by atoms with Crippen molar-refractivity contribution in [1.82, 2.24) is 14.8 Å². The Morgan fingerprint density at radius 3 is 2.31 bits per heavy atom. The highest BCUT2D eigenvalue weighted by Gasteiger charge is 2.17. The van der Waals surface area contributed by atoms with Gasteiger partial charge in [0.2, 0.25) is 0 Å². The van der Waals surface area contributed by atoms with Crippen LogP contribution in [0.5, 0.6) is 11.5 Å². The van der Waals surface area contributed by atoms with Crippen LogP contribution in [0.4, 0.5) is 5.69 Å². The van der Waals surface area contributed by atoms with Crippen molar-refractivity contribution in [1.29, 1.82) is 0 Å². The maximum Gasteiger partial charge on any atom is 0.311 e. The largest absolute Gasteiger partial charge is 0.493 e. The van der Waals surface area contributed by atoms with Gasteiger partial charge in [-0.15, -0.1) is 10.2 Å². The number of hydrogen-bond acceptors (Lipinski definition) is 7. The van der Waals surface area contributed by atoms with Crippen LogP contribution in [0.15, 0.2) is 76.8 Å². The van der Waals surface area contributed by atoms with Crippen LogP contribution in [0, 0.1) is 0 Å². The third-order valence-corrected chi connectivity index (χ3v) is 8.65. The molecule has 0 bridgehead atoms. The summed E-state index contributed by atoms with van der Waals surface area (Å²) in [5.41, 5.74) is 4.46. The maximum atomic E-state index is 11.8. The first kappa shape index (κ1) is 34.1. The number of benzene rings is 3. The van der Waals surface area contributed by atoms with Gasteiger partial charge in [-0.2, -0.15) is 0 Å². The van der Waals surface area contributed by atoms with Crippen molar-refractivity contribution in [2.45, 2.75) is 102 Å². The lowest BCUT2D eigenvalue weighted by Gasteiger charge is -2.19. The number of carbonyl (C=O) groups is 1. The van der Waals surface area contributed by atoms with Crippen molar-refractivity contribution >= 4 is 23.4 Å². The second-order valence-electron chi connectivity index (χ2n) is 12.4. The summed E-state index contributed by atoms with van der Waals surface area (Å²) < 4.78 is 13.8. The number of rotatable bonds is 16. The van der Waals surface area contributed by atoms with Crippen LogP contribution in [0.25, 0.3) is 11.4 Å². The smallest absolute Gasteiger partial charge is 0.311 e. The Morgan fingerprint density at radius 1 is 0.889 bits per heavy atom. The van der Waals surface area contributed by atoms with E-state index in [4.69, 9.17) is 9.47 Å². The Balaban J connectivity index is 1.46. The molecule has 0 aliphatic rings. The summed E-state index contributed by atoms with van der Waals surface area (Å²) in [6, 6.07) is 22.4. The van der Waals surface area contributed by atoms with Crippen molar-refractivity contribution < 1.29 is 14.3 Å². The van der Waals surface area contributed by atoms with Gasteiger partial charge in [0.1, 0.15) is 11.5 Å². The normalized spacial score (nSPS) is 11.4. The van der Waals surface area contributed by atoms with Gasteiger partial charge in [-0.05, 0) is 72.0 Å². The average Bonchev–Trinajstić information content (AvgIpc) is 3.38. The second kappa shape index (κ2) is 16.5. The van der Waals surface area contributed by atoms with E-state index in [0.717, 1.165) is 51.3 Å². The van der Waals surface area contributed by atoms with E-state index in [-0.39, 0.29) is 11.4 Å². The summed E-state index contributed by atoms with van der Waals surface area (Å²) in [7, 11) is 2.01. The molecule has 0 unspecified atom stereocenters. The van der Waals surface area contributed by atoms with Crippen LogP contribution in [0.2, 0.25) is 0 Å². The number of nitrogens with one attached hydrogen (secondary N) is 1. The van der Waals surface area contributed by atoms with E-state index in [9.17, 15) is 4.79 Å². The third-order valence-electron chi connectivity index (χ3n) is 7.62. The fourth-order valence-corrected chi connectivity index (χ4v) is 5.69. The van der Waals surface area contributed by atoms with Crippen LogP contribution in [-0.2, 0) is 23.8 Å². The number of nitrogens with zero attached hydrogens (tertiary/aromatic N) is 3. The van der Waals surface area contributed by atoms with Gasteiger partial charge in [-0.1, -0.05) is 90.6 Å². The van der Waals surface area contributed by atoms with Crippen molar-refractivity contribution in [2.24, 2.45) is 7.05 Å². The molecule has 1 aromatic heterocycles. The minimum absolute atomic E-state index is 0.103. The number of unbranched alkanes of at least 4 members (excludes halogenated alkanes) is 4. The second-order valence-corrected chi connectivity index (χ2v) is 13.5. The zero-order valence-electron chi connectivity index (χ0n) is 27.7. The van der Waals surface area contributed by atoms with Crippen LogP contribution >= 0.6 is 11.8 Å². The van der Waals surface area contributed by atoms with Crippen molar-refractivity contribution in [3.63, 3.8) is 0 Å². The Bertz CT molecular complexity index is 1510. The van der Waals surface area contributed by atoms with Crippen molar-refractivity contribution in [3.05, 3.63) is 77.9 Å². The van der Waals surface area contributed by atoms with Gasteiger partial charge in [0.05, 0.1) is 6.61 Å². The van der Waals surface area contributed by atoms with Crippen LogP contribution in [-0.4, -0.2) is 27.3 Å². The lowest BCUT2D eigenvalue weighted by molar-refractivity contribution is -0.134. The molecule has 4 rings (SSSR count). The standard InChI is InChI=1S/C37H48N4O3S/c1-7-9-10-11-12-24-43-33-25-32(23-16-28(33)26-38-30-19-21-31(22-20-30)44-34(42)13-8-2)45-36-40-39-35(41(36)6)27-14-17-29(18-15-27)37(3,4)5/h14-23,25,38H,7-13,24,26H2,1-6H3. The number of carbonyl (C=O) groups excluding carboxylic acids is 1. The summed E-state index contributed by atoms with van der Waals surface area (Å²) in [6.07, 6.45) is 7.11. The molecule has 0 atom stereocenters. The quantitative estimate of drug-likeness (QED) is 0.0752. The molecule has 0 amide bonds. The number of aromatic nitrogens is 3. The summed E-state index contributed by atoms with van der Waals surface area (Å²) in [5.74, 6) is 2.06. The lowest BCUT2D eigenvalue weighted by atomic mass is 9.87. The van der Waals surface area contributed by atoms with Crippen molar-refractivity contribution in [2.75, 3.05) is 11.9 Å². The average molecular weight is 629 g/mol. The molecule has 0 aliphatic heterocycles. The van der Waals surface area contributed by atoms with Crippen LogP contribution in [0.1, 0.15) is 90.7 Å².